The zero-order chi connectivity index (χ0) is 63.7. The summed E-state index contributed by atoms with van der Waals surface area (Å²) in [5, 5.41) is 22.8. The highest BCUT2D eigenvalue weighted by molar-refractivity contribution is 5.99. The van der Waals surface area contributed by atoms with Crippen molar-refractivity contribution in [2.75, 3.05) is 55.9 Å². The van der Waals surface area contributed by atoms with Gasteiger partial charge in [-0.2, -0.15) is 0 Å². The molecule has 1 rings (SSSR count). The summed E-state index contributed by atoms with van der Waals surface area (Å²) in [5.41, 5.74) is 0. The summed E-state index contributed by atoms with van der Waals surface area (Å²) >= 11 is 0. The highest BCUT2D eigenvalue weighted by atomic mass is 16.3. The van der Waals surface area contributed by atoms with Gasteiger partial charge in [0.15, 0.2) is 0 Å². The van der Waals surface area contributed by atoms with Gasteiger partial charge in [0.1, 0.15) is 60.4 Å². The van der Waals surface area contributed by atoms with Crippen molar-refractivity contribution in [1.29, 1.82) is 0 Å². The molecule has 1 saturated heterocycles. The lowest BCUT2D eigenvalue weighted by Gasteiger charge is -2.41. The molecule has 11 amide bonds. The minimum atomic E-state index is -1.61. The van der Waals surface area contributed by atoms with Crippen molar-refractivity contribution in [3.63, 3.8) is 0 Å². The molecule has 0 spiro atoms. The van der Waals surface area contributed by atoms with Gasteiger partial charge in [0.05, 0.1) is 12.6 Å². The Kier molecular flexibility index (Phi) is 29.9. The van der Waals surface area contributed by atoms with Gasteiger partial charge in [-0.1, -0.05) is 95.2 Å². The average molecular weight is 1160 g/mol. The molecule has 82 heavy (non-hydrogen) atoms. The number of nitrogens with zero attached hydrogens (tertiary/aromatic N) is 7. The first-order chi connectivity index (χ1) is 37.8. The number of hydrogen-bond acceptors (Lipinski definition) is 12. The Morgan fingerprint density at radius 3 is 1.40 bits per heavy atom. The fourth-order valence-corrected chi connectivity index (χ4v) is 10.0. The molecule has 1 aliphatic rings. The molecule has 0 bridgehead atoms. The molecule has 0 aromatic heterocycles. The van der Waals surface area contributed by atoms with E-state index in [1.807, 2.05) is 41.5 Å². The molecule has 0 unspecified atom stereocenters. The van der Waals surface area contributed by atoms with E-state index in [2.05, 4.69) is 21.3 Å². The molecule has 0 aromatic carbocycles. The van der Waals surface area contributed by atoms with Gasteiger partial charge in [0.2, 0.25) is 65.0 Å². The Bertz CT molecular complexity index is 2260. The molecule has 1 heterocycles. The summed E-state index contributed by atoms with van der Waals surface area (Å²) in [6.45, 7) is 26.9. The predicted octanol–water partition coefficient (Wildman–Crippen LogP) is 2.24. The molecule has 0 aromatic rings. The summed E-state index contributed by atoms with van der Waals surface area (Å²) in [7, 11) is 9.80. The van der Waals surface area contributed by atoms with Crippen LogP contribution < -0.4 is 21.3 Å². The first-order valence-corrected chi connectivity index (χ1v) is 29.2. The molecular weight excluding hydrogens is 1050 g/mol. The fraction of sp³-hybridized carbons (Fsp3) is 0.780. The molecule has 23 heteroatoms. The Labute approximate surface area is 489 Å². The van der Waals surface area contributed by atoms with Gasteiger partial charge in [-0.15, -0.1) is 0 Å². The second kappa shape index (κ2) is 33.2. The lowest BCUT2D eigenvalue weighted by atomic mass is 9.91. The van der Waals surface area contributed by atoms with Gasteiger partial charge in [-0.25, -0.2) is 0 Å². The third-order valence-corrected chi connectivity index (χ3v) is 15.6. The first kappa shape index (κ1) is 73.9. The van der Waals surface area contributed by atoms with E-state index in [1.54, 1.807) is 60.6 Å². The van der Waals surface area contributed by atoms with Crippen LogP contribution in [-0.2, 0) is 52.7 Å². The van der Waals surface area contributed by atoms with E-state index in [-0.39, 0.29) is 43.4 Å². The monoisotopic (exact) mass is 1160 g/mol. The number of likely N-dealkylation sites (N-methyl/N-ethyl adjacent to an activating group) is 7. The van der Waals surface area contributed by atoms with Crippen molar-refractivity contribution < 1.29 is 57.8 Å². The molecule has 12 atom stereocenters. The highest BCUT2D eigenvalue weighted by Gasteiger charge is 2.45. The van der Waals surface area contributed by atoms with Crippen LogP contribution in [0.15, 0.2) is 12.2 Å². The average Bonchev–Trinajstić information content (AvgIpc) is 3.40. The first-order valence-electron chi connectivity index (χ1n) is 29.2. The van der Waals surface area contributed by atoms with E-state index < -0.39 is 156 Å². The Morgan fingerprint density at radius 2 is 0.939 bits per heavy atom. The van der Waals surface area contributed by atoms with Crippen LogP contribution in [0, 0.1) is 35.5 Å². The van der Waals surface area contributed by atoms with Gasteiger partial charge in [-0.05, 0) is 95.3 Å². The topological polar surface area (TPSA) is 279 Å². The smallest absolute Gasteiger partial charge is 0.246 e. The molecule has 0 aliphatic carbocycles. The number of amides is 11. The lowest BCUT2D eigenvalue weighted by molar-refractivity contribution is -0.157. The quantitative estimate of drug-likeness (QED) is 0.166. The van der Waals surface area contributed by atoms with Crippen molar-refractivity contribution in [2.24, 2.45) is 35.5 Å². The number of carbonyl (C=O) groups is 11. The van der Waals surface area contributed by atoms with Crippen LogP contribution in [0.3, 0.4) is 0 Å². The summed E-state index contributed by atoms with van der Waals surface area (Å²) < 4.78 is 0. The molecular formula is C59H105N11O12. The van der Waals surface area contributed by atoms with E-state index in [9.17, 15) is 48.3 Å². The SMILES string of the molecule is C/C=C/C[C@@H](C)[C@@H](O)[C@H]1C(=O)N[C@@H](CC)C(=O)N(C)CC(=O)N(C)[C@@H](C)C(=O)N[C@@H](C(C)C)C(=O)N(C)[C@@H](CC(C)C)C(=O)N[C@@H](C)C(=O)N[C@H](C)C(=O)N(C)[C@@H](CC(C)C)C(=O)N(C)[C@H](CC(C)C)C(=O)N(C)[C@@H](C(C)C)C(=O)N1C. The number of allylic oxidation sites excluding steroid dienone is 2. The largest absolute Gasteiger partial charge is 0.390 e. The summed E-state index contributed by atoms with van der Waals surface area (Å²) in [4.78, 5) is 167. The van der Waals surface area contributed by atoms with Crippen LogP contribution in [0.25, 0.3) is 0 Å². The molecule has 23 nitrogen and oxygen atoms in total. The standard InChI is InChI=1S/C59H105N11O12/c1-24-26-27-37(13)49(72)48-53(76)62-41(25-2)55(78)64(17)31-45(71)65(18)40(16)51(74)63-46(35(9)10)58(81)66(19)42(28-32(3)4)52(75)60-38(14)50(73)61-39(15)54(77)67(20)43(29-33(5)6)56(79)68(21)44(30-34(7)8)57(80)69(22)47(36(11)12)59(82)70(48)23/h24,26,32-44,46-49,72H,25,27-31H2,1-23H3,(H,60,75)(H,61,73)(H,62,76)(H,63,74)/b26-24+/t37-,38+,39-,40+,41+,42+,43+,44-,46+,47+,48+,49-/m1/s1. The molecule has 0 radical (unpaired) electrons. The van der Waals surface area contributed by atoms with E-state index >= 15 is 9.59 Å². The van der Waals surface area contributed by atoms with Crippen molar-refractivity contribution in [2.45, 2.75) is 209 Å². The summed E-state index contributed by atoms with van der Waals surface area (Å²) in [6, 6.07) is -12.3. The number of nitrogens with one attached hydrogen (secondary N) is 4. The van der Waals surface area contributed by atoms with Gasteiger partial charge < -0.3 is 60.7 Å². The van der Waals surface area contributed by atoms with Gasteiger partial charge in [0.25, 0.3) is 0 Å². The normalized spacial score (nSPS) is 27.4. The maximum Gasteiger partial charge on any atom is 0.246 e. The Hall–Kier alpha value is -6.13. The maximum absolute atomic E-state index is 15.1. The fourth-order valence-electron chi connectivity index (χ4n) is 10.0. The summed E-state index contributed by atoms with van der Waals surface area (Å²) in [6.07, 6.45) is 2.88. The molecule has 0 saturated carbocycles. The van der Waals surface area contributed by atoms with Gasteiger partial charge in [0, 0.05) is 49.3 Å². The number of aliphatic hydroxyl groups excluding tert-OH is 1. The van der Waals surface area contributed by atoms with E-state index in [0.717, 1.165) is 14.7 Å². The number of hydrogen-bond donors (Lipinski definition) is 5. The lowest BCUT2D eigenvalue weighted by Crippen LogP contribution is -2.63. The van der Waals surface area contributed by atoms with Gasteiger partial charge in [-0.3, -0.25) is 52.7 Å². The number of rotatable bonds is 13. The Balaban J connectivity index is 4.23. The van der Waals surface area contributed by atoms with Crippen LogP contribution >= 0.6 is 0 Å². The van der Waals surface area contributed by atoms with E-state index in [1.165, 1.54) is 89.7 Å². The minimum Gasteiger partial charge on any atom is -0.390 e. The van der Waals surface area contributed by atoms with Crippen LogP contribution in [0.4, 0.5) is 0 Å². The van der Waals surface area contributed by atoms with Crippen LogP contribution in [-0.4, -0.2) is 227 Å². The van der Waals surface area contributed by atoms with Crippen LogP contribution in [0.5, 0.6) is 0 Å². The van der Waals surface area contributed by atoms with E-state index in [4.69, 9.17) is 0 Å². The zero-order valence-corrected chi connectivity index (χ0v) is 53.8. The molecule has 1 aliphatic heterocycles. The molecule has 5 N–H and O–H groups in total. The maximum atomic E-state index is 15.1. The van der Waals surface area contributed by atoms with Crippen LogP contribution in [0.2, 0.25) is 0 Å². The van der Waals surface area contributed by atoms with Crippen molar-refractivity contribution >= 4 is 65.0 Å². The van der Waals surface area contributed by atoms with Gasteiger partial charge >= 0.3 is 0 Å². The number of aliphatic hydroxyl groups is 1. The van der Waals surface area contributed by atoms with Crippen LogP contribution in [0.1, 0.15) is 143 Å². The van der Waals surface area contributed by atoms with E-state index in [0.29, 0.717) is 6.42 Å². The second-order valence-corrected chi connectivity index (χ2v) is 24.6. The summed E-state index contributed by atoms with van der Waals surface area (Å²) in [5.74, 6) is -9.66. The third-order valence-electron chi connectivity index (χ3n) is 15.6. The third kappa shape index (κ3) is 20.1. The predicted molar refractivity (Wildman–Crippen MR) is 315 cm³/mol. The van der Waals surface area contributed by atoms with Crippen molar-refractivity contribution in [3.8, 4) is 0 Å². The number of carbonyl (C=O) groups excluding carboxylic acids is 11. The minimum absolute atomic E-state index is 0.0233. The molecule has 468 valence electrons. The zero-order valence-electron chi connectivity index (χ0n) is 53.8. The molecule has 1 fully saturated rings. The highest BCUT2D eigenvalue weighted by Crippen LogP contribution is 2.25. The Morgan fingerprint density at radius 1 is 0.488 bits per heavy atom. The second-order valence-electron chi connectivity index (χ2n) is 24.6. The van der Waals surface area contributed by atoms with Crippen molar-refractivity contribution in [1.82, 2.24) is 55.6 Å². The van der Waals surface area contributed by atoms with Crippen molar-refractivity contribution in [3.05, 3.63) is 12.2 Å².